The van der Waals surface area contributed by atoms with Gasteiger partial charge in [-0.3, -0.25) is 4.79 Å². The molecular formula is C19H23N3O5S. The monoisotopic (exact) mass is 405 g/mol. The fourth-order valence-electron chi connectivity index (χ4n) is 3.79. The molecule has 0 N–H and O–H groups in total. The van der Waals surface area contributed by atoms with E-state index in [-0.39, 0.29) is 16.8 Å². The van der Waals surface area contributed by atoms with Gasteiger partial charge in [0.25, 0.3) is 0 Å². The van der Waals surface area contributed by atoms with Crippen LogP contribution in [0.2, 0.25) is 0 Å². The Kier molecular flexibility index (Phi) is 4.88. The maximum atomic E-state index is 13.3. The van der Waals surface area contributed by atoms with E-state index in [4.69, 9.17) is 9.26 Å². The Bertz CT molecular complexity index is 1000. The molecule has 150 valence electrons. The van der Waals surface area contributed by atoms with Gasteiger partial charge in [0, 0.05) is 25.6 Å². The highest BCUT2D eigenvalue weighted by molar-refractivity contribution is 7.89. The Hall–Kier alpha value is -2.39. The molecule has 0 spiro atoms. The first-order chi connectivity index (χ1) is 13.4. The predicted octanol–water partition coefficient (Wildman–Crippen LogP) is 2.51. The Morgan fingerprint density at radius 1 is 1.29 bits per heavy atom. The van der Waals surface area contributed by atoms with Crippen LogP contribution in [0.25, 0.3) is 0 Å². The number of rotatable bonds is 4. The number of hydrogen-bond donors (Lipinski definition) is 0. The summed E-state index contributed by atoms with van der Waals surface area (Å²) in [6.45, 7) is 4.67. The van der Waals surface area contributed by atoms with E-state index in [1.165, 1.54) is 23.4 Å². The van der Waals surface area contributed by atoms with Crippen LogP contribution in [0.1, 0.15) is 44.2 Å². The van der Waals surface area contributed by atoms with E-state index in [1.807, 2.05) is 13.0 Å². The van der Waals surface area contributed by atoms with Crippen molar-refractivity contribution in [2.24, 2.45) is 0 Å². The molecule has 1 atom stereocenters. The first-order valence-electron chi connectivity index (χ1n) is 9.44. The molecule has 3 heterocycles. The summed E-state index contributed by atoms with van der Waals surface area (Å²) in [5.41, 5.74) is 1.41. The predicted molar refractivity (Wildman–Crippen MR) is 102 cm³/mol. The van der Waals surface area contributed by atoms with Crippen molar-refractivity contribution < 1.29 is 22.5 Å². The van der Waals surface area contributed by atoms with Crippen LogP contribution < -0.4 is 9.64 Å². The lowest BCUT2D eigenvalue weighted by molar-refractivity contribution is -0.116. The number of ether oxygens (including phenoxy) is 1. The fourth-order valence-corrected chi connectivity index (χ4v) is 5.47. The standard InChI is InChI=1S/C19H23N3O5S/c1-3-14-11-19(27-20-14)17-5-4-8-22(17)28(24,25)15-6-7-16-18(12-15)26-10-9-21(16)13(2)23/h6-7,11-12,17H,3-5,8-10H2,1-2H3/t17-/m0/s1. The molecule has 9 heteroatoms. The summed E-state index contributed by atoms with van der Waals surface area (Å²) in [7, 11) is -3.74. The number of benzene rings is 1. The van der Waals surface area contributed by atoms with Gasteiger partial charge < -0.3 is 14.2 Å². The van der Waals surface area contributed by atoms with Crippen molar-refractivity contribution in [3.8, 4) is 5.75 Å². The number of carbonyl (C=O) groups excluding carboxylic acids is 1. The first kappa shape index (κ1) is 18.9. The zero-order valence-corrected chi connectivity index (χ0v) is 16.7. The SMILES string of the molecule is CCc1cc([C@@H]2CCCN2S(=O)(=O)c2ccc3c(c2)OCCN3C(C)=O)on1. The van der Waals surface area contributed by atoms with E-state index < -0.39 is 10.0 Å². The minimum Gasteiger partial charge on any atom is -0.489 e. The first-order valence-corrected chi connectivity index (χ1v) is 10.9. The van der Waals surface area contributed by atoms with Crippen molar-refractivity contribution in [2.45, 2.75) is 44.0 Å². The average molecular weight is 405 g/mol. The largest absolute Gasteiger partial charge is 0.489 e. The number of aryl methyl sites for hydroxylation is 1. The van der Waals surface area contributed by atoms with Gasteiger partial charge in [-0.25, -0.2) is 8.42 Å². The van der Waals surface area contributed by atoms with E-state index in [1.54, 1.807) is 11.0 Å². The molecular weight excluding hydrogens is 382 g/mol. The third-order valence-corrected chi connectivity index (χ3v) is 7.16. The van der Waals surface area contributed by atoms with Gasteiger partial charge in [0.1, 0.15) is 12.4 Å². The Morgan fingerprint density at radius 3 is 2.82 bits per heavy atom. The molecule has 1 fully saturated rings. The molecule has 2 aliphatic heterocycles. The number of anilines is 1. The fraction of sp³-hybridized carbons (Fsp3) is 0.474. The van der Waals surface area contributed by atoms with Crippen LogP contribution in [0.5, 0.6) is 5.75 Å². The quantitative estimate of drug-likeness (QED) is 0.776. The molecule has 2 aromatic rings. The van der Waals surface area contributed by atoms with Gasteiger partial charge >= 0.3 is 0 Å². The molecule has 8 nitrogen and oxygen atoms in total. The second-order valence-corrected chi connectivity index (χ2v) is 8.89. The smallest absolute Gasteiger partial charge is 0.243 e. The van der Waals surface area contributed by atoms with E-state index >= 15 is 0 Å². The minimum atomic E-state index is -3.74. The lowest BCUT2D eigenvalue weighted by atomic mass is 10.1. The van der Waals surface area contributed by atoms with Crippen molar-refractivity contribution in [1.29, 1.82) is 0 Å². The molecule has 0 saturated carbocycles. The van der Waals surface area contributed by atoms with Crippen LogP contribution in [-0.2, 0) is 21.2 Å². The molecule has 1 aromatic carbocycles. The van der Waals surface area contributed by atoms with E-state index in [9.17, 15) is 13.2 Å². The summed E-state index contributed by atoms with van der Waals surface area (Å²) in [5, 5.41) is 4.00. The van der Waals surface area contributed by atoms with Crippen molar-refractivity contribution in [2.75, 3.05) is 24.6 Å². The second-order valence-electron chi connectivity index (χ2n) is 7.00. The molecule has 0 radical (unpaired) electrons. The normalized spacial score (nSPS) is 20.1. The van der Waals surface area contributed by atoms with Gasteiger partial charge in [-0.05, 0) is 31.4 Å². The van der Waals surface area contributed by atoms with E-state index in [2.05, 4.69) is 5.16 Å². The van der Waals surface area contributed by atoms with Gasteiger partial charge in [0.2, 0.25) is 15.9 Å². The van der Waals surface area contributed by atoms with Crippen LogP contribution in [0, 0.1) is 0 Å². The molecule has 2 aliphatic rings. The van der Waals surface area contributed by atoms with Crippen molar-refractivity contribution in [3.63, 3.8) is 0 Å². The lowest BCUT2D eigenvalue weighted by Crippen LogP contribution is -2.36. The Morgan fingerprint density at radius 2 is 2.11 bits per heavy atom. The minimum absolute atomic E-state index is 0.100. The molecule has 28 heavy (non-hydrogen) atoms. The van der Waals surface area contributed by atoms with Crippen molar-refractivity contribution in [3.05, 3.63) is 35.7 Å². The highest BCUT2D eigenvalue weighted by atomic mass is 32.2. The zero-order valence-electron chi connectivity index (χ0n) is 15.9. The summed E-state index contributed by atoms with van der Waals surface area (Å²) in [5.74, 6) is 0.887. The van der Waals surface area contributed by atoms with Crippen LogP contribution in [0.3, 0.4) is 0 Å². The Labute approximate surface area is 164 Å². The second kappa shape index (κ2) is 7.21. The lowest BCUT2D eigenvalue weighted by Gasteiger charge is -2.29. The molecule has 0 bridgehead atoms. The summed E-state index contributed by atoms with van der Waals surface area (Å²) >= 11 is 0. The van der Waals surface area contributed by atoms with Crippen molar-refractivity contribution >= 4 is 21.6 Å². The maximum absolute atomic E-state index is 13.3. The van der Waals surface area contributed by atoms with Gasteiger partial charge in [-0.2, -0.15) is 4.31 Å². The van der Waals surface area contributed by atoms with Gasteiger partial charge in [0.15, 0.2) is 5.76 Å². The number of sulfonamides is 1. The summed E-state index contributed by atoms with van der Waals surface area (Å²) < 4.78 is 39.2. The van der Waals surface area contributed by atoms with Crippen LogP contribution in [0.15, 0.2) is 33.7 Å². The topological polar surface area (TPSA) is 93.0 Å². The molecule has 4 rings (SSSR count). The van der Waals surface area contributed by atoms with Crippen LogP contribution in [0.4, 0.5) is 5.69 Å². The van der Waals surface area contributed by atoms with Crippen LogP contribution in [-0.4, -0.2) is 43.5 Å². The zero-order chi connectivity index (χ0) is 19.9. The van der Waals surface area contributed by atoms with Gasteiger partial charge in [-0.15, -0.1) is 0 Å². The van der Waals surface area contributed by atoms with Gasteiger partial charge in [0.05, 0.1) is 28.9 Å². The summed E-state index contributed by atoms with van der Waals surface area (Å²) in [6.07, 6.45) is 2.18. The molecule has 1 saturated heterocycles. The number of carbonyl (C=O) groups is 1. The number of aromatic nitrogens is 1. The third kappa shape index (κ3) is 3.18. The number of nitrogens with zero attached hydrogens (tertiary/aromatic N) is 3. The molecule has 1 amide bonds. The van der Waals surface area contributed by atoms with Crippen molar-refractivity contribution in [1.82, 2.24) is 9.46 Å². The molecule has 0 aliphatic carbocycles. The number of amides is 1. The third-order valence-electron chi connectivity index (χ3n) is 5.25. The van der Waals surface area contributed by atoms with E-state index in [0.29, 0.717) is 43.3 Å². The summed E-state index contributed by atoms with van der Waals surface area (Å²) in [4.78, 5) is 13.6. The van der Waals surface area contributed by atoms with Crippen LogP contribution >= 0.6 is 0 Å². The average Bonchev–Trinajstić information content (AvgIpc) is 3.36. The Balaban J connectivity index is 1.67. The molecule has 1 aromatic heterocycles. The van der Waals surface area contributed by atoms with Gasteiger partial charge in [-0.1, -0.05) is 12.1 Å². The number of hydrogen-bond acceptors (Lipinski definition) is 6. The highest BCUT2D eigenvalue weighted by Gasteiger charge is 2.39. The summed E-state index contributed by atoms with van der Waals surface area (Å²) in [6, 6.07) is 6.15. The maximum Gasteiger partial charge on any atom is 0.243 e. The highest BCUT2D eigenvalue weighted by Crippen LogP contribution is 2.39. The number of fused-ring (bicyclic) bond motifs is 1. The molecule has 0 unspecified atom stereocenters. The van der Waals surface area contributed by atoms with E-state index in [0.717, 1.165) is 18.5 Å².